The number of hydrogen-bond donors (Lipinski definition) is 2. The van der Waals surface area contributed by atoms with Crippen molar-refractivity contribution in [2.75, 3.05) is 20.1 Å². The van der Waals surface area contributed by atoms with Crippen molar-refractivity contribution in [3.8, 4) is 0 Å². The summed E-state index contributed by atoms with van der Waals surface area (Å²) in [5.41, 5.74) is 2.50. The molecule has 1 aromatic carbocycles. The van der Waals surface area contributed by atoms with Crippen molar-refractivity contribution in [1.82, 2.24) is 20.5 Å². The highest BCUT2D eigenvalue weighted by Gasteiger charge is 2.22. The first kappa shape index (κ1) is 19.8. The van der Waals surface area contributed by atoms with Crippen LogP contribution in [0.1, 0.15) is 40.4 Å². The Labute approximate surface area is 166 Å². The molecule has 1 fully saturated rings. The number of aryl methyl sites for hydroxylation is 2. The molecule has 1 saturated heterocycles. The molecule has 27 heavy (non-hydrogen) atoms. The Balaban J connectivity index is 1.51. The number of nitrogens with one attached hydrogen (secondary N) is 2. The molecule has 1 aromatic heterocycles. The third-order valence-electron chi connectivity index (χ3n) is 5.12. The summed E-state index contributed by atoms with van der Waals surface area (Å²) in [7, 11) is 1.84. The van der Waals surface area contributed by atoms with E-state index in [1.165, 1.54) is 36.2 Å². The van der Waals surface area contributed by atoms with Crippen molar-refractivity contribution >= 4 is 17.3 Å². The largest absolute Gasteiger partial charge is 0.355 e. The van der Waals surface area contributed by atoms with Crippen LogP contribution in [0.4, 0.5) is 0 Å². The van der Waals surface area contributed by atoms with Crippen LogP contribution in [0.5, 0.6) is 0 Å². The minimum Gasteiger partial charge on any atom is -0.355 e. The SMILES string of the molecule is CN=C(NCc1sc(C)nc1C)NCC1CCCCN1Cc1ccccc1. The van der Waals surface area contributed by atoms with Gasteiger partial charge in [-0.3, -0.25) is 9.89 Å². The number of likely N-dealkylation sites (tertiary alicyclic amines) is 1. The van der Waals surface area contributed by atoms with E-state index in [9.17, 15) is 0 Å². The maximum Gasteiger partial charge on any atom is 0.191 e. The van der Waals surface area contributed by atoms with Gasteiger partial charge in [-0.15, -0.1) is 11.3 Å². The minimum atomic E-state index is 0.546. The van der Waals surface area contributed by atoms with E-state index in [-0.39, 0.29) is 0 Å². The fourth-order valence-corrected chi connectivity index (χ4v) is 4.53. The molecule has 3 rings (SSSR count). The Hall–Kier alpha value is -1.92. The van der Waals surface area contributed by atoms with E-state index in [4.69, 9.17) is 0 Å². The van der Waals surface area contributed by atoms with Gasteiger partial charge in [-0.25, -0.2) is 4.98 Å². The van der Waals surface area contributed by atoms with Crippen LogP contribution in [0.25, 0.3) is 0 Å². The van der Waals surface area contributed by atoms with Gasteiger partial charge in [-0.05, 0) is 38.8 Å². The molecule has 1 aliphatic rings. The van der Waals surface area contributed by atoms with Crippen LogP contribution in [0.2, 0.25) is 0 Å². The number of aromatic nitrogens is 1. The lowest BCUT2D eigenvalue weighted by Gasteiger charge is -2.36. The predicted octanol–water partition coefficient (Wildman–Crippen LogP) is 3.48. The molecule has 2 N–H and O–H groups in total. The maximum absolute atomic E-state index is 4.50. The molecule has 0 bridgehead atoms. The zero-order chi connectivity index (χ0) is 19.1. The fourth-order valence-electron chi connectivity index (χ4n) is 3.65. The average Bonchev–Trinajstić information content (AvgIpc) is 3.01. The average molecular weight is 386 g/mol. The molecule has 2 heterocycles. The van der Waals surface area contributed by atoms with Gasteiger partial charge < -0.3 is 10.6 Å². The van der Waals surface area contributed by atoms with Gasteiger partial charge in [0.2, 0.25) is 0 Å². The summed E-state index contributed by atoms with van der Waals surface area (Å²) in [5.74, 6) is 0.866. The summed E-state index contributed by atoms with van der Waals surface area (Å²) in [6.07, 6.45) is 3.84. The number of aliphatic imine (C=N–C) groups is 1. The number of piperidine rings is 1. The van der Waals surface area contributed by atoms with Crippen molar-refractivity contribution in [2.45, 2.75) is 52.2 Å². The third kappa shape index (κ3) is 5.78. The van der Waals surface area contributed by atoms with E-state index in [0.29, 0.717) is 6.04 Å². The van der Waals surface area contributed by atoms with Crippen LogP contribution < -0.4 is 10.6 Å². The van der Waals surface area contributed by atoms with Crippen LogP contribution in [-0.2, 0) is 13.1 Å². The molecule has 2 aromatic rings. The zero-order valence-electron chi connectivity index (χ0n) is 16.7. The quantitative estimate of drug-likeness (QED) is 0.590. The van der Waals surface area contributed by atoms with Crippen molar-refractivity contribution < 1.29 is 0 Å². The molecule has 0 aliphatic carbocycles. The van der Waals surface area contributed by atoms with Gasteiger partial charge in [-0.1, -0.05) is 36.8 Å². The topological polar surface area (TPSA) is 52.6 Å². The summed E-state index contributed by atoms with van der Waals surface area (Å²) in [4.78, 5) is 12.8. The molecular formula is C21H31N5S. The summed E-state index contributed by atoms with van der Waals surface area (Å²) in [5, 5.41) is 8.08. The number of benzene rings is 1. The number of nitrogens with zero attached hydrogens (tertiary/aromatic N) is 3. The summed E-state index contributed by atoms with van der Waals surface area (Å²) in [6.45, 7) is 8.02. The third-order valence-corrected chi connectivity index (χ3v) is 6.20. The summed E-state index contributed by atoms with van der Waals surface area (Å²) >= 11 is 1.75. The van der Waals surface area contributed by atoms with Gasteiger partial charge in [0.15, 0.2) is 5.96 Å². The molecule has 146 valence electrons. The van der Waals surface area contributed by atoms with Crippen LogP contribution in [-0.4, -0.2) is 42.0 Å². The molecule has 5 nitrogen and oxygen atoms in total. The second-order valence-electron chi connectivity index (χ2n) is 7.15. The van der Waals surface area contributed by atoms with Crippen molar-refractivity contribution in [2.24, 2.45) is 4.99 Å². The van der Waals surface area contributed by atoms with Gasteiger partial charge in [0.1, 0.15) is 0 Å². The Morgan fingerprint density at radius 2 is 2.04 bits per heavy atom. The molecule has 0 radical (unpaired) electrons. The first-order chi connectivity index (χ1) is 13.2. The van der Waals surface area contributed by atoms with Crippen LogP contribution in [0.15, 0.2) is 35.3 Å². The number of rotatable bonds is 6. The van der Waals surface area contributed by atoms with E-state index < -0.39 is 0 Å². The van der Waals surface area contributed by atoms with E-state index in [2.05, 4.69) is 69.7 Å². The molecule has 1 aliphatic heterocycles. The standard InChI is InChI=1S/C21H31N5S/c1-16-20(27-17(2)25-16)14-24-21(22-3)23-13-19-11-7-8-12-26(19)15-18-9-5-4-6-10-18/h4-6,9-10,19H,7-8,11-15H2,1-3H3,(H2,22,23,24). The normalized spacial score (nSPS) is 18.5. The van der Waals surface area contributed by atoms with Crippen molar-refractivity contribution in [3.05, 3.63) is 51.5 Å². The number of hydrogen-bond acceptors (Lipinski definition) is 4. The minimum absolute atomic E-state index is 0.546. The molecule has 0 amide bonds. The summed E-state index contributed by atoms with van der Waals surface area (Å²) < 4.78 is 0. The Bertz CT molecular complexity index is 740. The highest BCUT2D eigenvalue weighted by Crippen LogP contribution is 2.19. The molecule has 6 heteroatoms. The Morgan fingerprint density at radius 1 is 1.22 bits per heavy atom. The van der Waals surface area contributed by atoms with Crippen molar-refractivity contribution in [1.29, 1.82) is 0 Å². The summed E-state index contributed by atoms with van der Waals surface area (Å²) in [6, 6.07) is 11.3. The van der Waals surface area contributed by atoms with Gasteiger partial charge in [-0.2, -0.15) is 0 Å². The highest BCUT2D eigenvalue weighted by molar-refractivity contribution is 7.11. The van der Waals surface area contributed by atoms with Crippen LogP contribution in [0.3, 0.4) is 0 Å². The van der Waals surface area contributed by atoms with Gasteiger partial charge >= 0.3 is 0 Å². The van der Waals surface area contributed by atoms with Crippen LogP contribution >= 0.6 is 11.3 Å². The maximum atomic E-state index is 4.50. The fraction of sp³-hybridized carbons (Fsp3) is 0.524. The molecule has 1 atom stereocenters. The van der Waals surface area contributed by atoms with Gasteiger partial charge in [0, 0.05) is 31.1 Å². The van der Waals surface area contributed by atoms with Crippen molar-refractivity contribution in [3.63, 3.8) is 0 Å². The molecular weight excluding hydrogens is 354 g/mol. The van der Waals surface area contributed by atoms with E-state index >= 15 is 0 Å². The Morgan fingerprint density at radius 3 is 2.74 bits per heavy atom. The van der Waals surface area contributed by atoms with E-state index in [0.717, 1.165) is 36.3 Å². The lowest BCUT2D eigenvalue weighted by molar-refractivity contribution is 0.141. The Kier molecular flexibility index (Phi) is 7.24. The van der Waals surface area contributed by atoms with E-state index in [1.807, 2.05) is 7.05 Å². The second kappa shape index (κ2) is 9.85. The predicted molar refractivity (Wildman–Crippen MR) is 114 cm³/mol. The second-order valence-corrected chi connectivity index (χ2v) is 8.44. The number of thiazole rings is 1. The van der Waals surface area contributed by atoms with E-state index in [1.54, 1.807) is 11.3 Å². The van der Waals surface area contributed by atoms with Gasteiger partial charge in [0.05, 0.1) is 17.2 Å². The zero-order valence-corrected chi connectivity index (χ0v) is 17.5. The van der Waals surface area contributed by atoms with Gasteiger partial charge in [0.25, 0.3) is 0 Å². The molecule has 1 unspecified atom stereocenters. The first-order valence-electron chi connectivity index (χ1n) is 9.81. The highest BCUT2D eigenvalue weighted by atomic mass is 32.1. The number of guanidine groups is 1. The lowest BCUT2D eigenvalue weighted by atomic mass is 10.0. The smallest absolute Gasteiger partial charge is 0.191 e. The molecule has 0 spiro atoms. The monoisotopic (exact) mass is 385 g/mol. The molecule has 0 saturated carbocycles. The lowest BCUT2D eigenvalue weighted by Crippen LogP contribution is -2.48. The first-order valence-corrected chi connectivity index (χ1v) is 10.6. The van der Waals surface area contributed by atoms with Crippen LogP contribution in [0, 0.1) is 13.8 Å².